The molecule has 0 aliphatic carbocycles. The Morgan fingerprint density at radius 3 is 2.16 bits per heavy atom. The molecule has 0 radical (unpaired) electrons. The quantitative estimate of drug-likeness (QED) is 0.154. The SMILES string of the molecule is N[C@@H](CCCF)C(=O)N[C@@H](CO)[C@@H](O)[C@@H](O)[C@H](O)C(=O)N[C@@H](CC(=O)O)c1ccccc1. The van der Waals surface area contributed by atoms with E-state index in [0.29, 0.717) is 5.56 Å². The molecule has 12 heteroatoms. The van der Waals surface area contributed by atoms with Crippen LogP contribution >= 0.6 is 0 Å². The van der Waals surface area contributed by atoms with Crippen molar-refractivity contribution in [2.45, 2.75) is 55.7 Å². The molecule has 32 heavy (non-hydrogen) atoms. The van der Waals surface area contributed by atoms with Crippen molar-refractivity contribution in [1.29, 1.82) is 0 Å². The fraction of sp³-hybridized carbons (Fsp3) is 0.550. The Morgan fingerprint density at radius 1 is 1.00 bits per heavy atom. The van der Waals surface area contributed by atoms with Gasteiger partial charge in [0, 0.05) is 0 Å². The van der Waals surface area contributed by atoms with Gasteiger partial charge >= 0.3 is 5.97 Å². The van der Waals surface area contributed by atoms with Gasteiger partial charge in [0.25, 0.3) is 5.91 Å². The van der Waals surface area contributed by atoms with E-state index in [1.807, 2.05) is 0 Å². The lowest BCUT2D eigenvalue weighted by atomic mass is 9.98. The second-order valence-electron chi connectivity index (χ2n) is 7.23. The molecule has 0 bridgehead atoms. The highest BCUT2D eigenvalue weighted by molar-refractivity contribution is 5.83. The molecule has 0 fully saturated rings. The van der Waals surface area contributed by atoms with Gasteiger partial charge in [0.1, 0.15) is 12.2 Å². The van der Waals surface area contributed by atoms with Gasteiger partial charge < -0.3 is 41.9 Å². The number of alkyl halides is 1. The van der Waals surface area contributed by atoms with Crippen LogP contribution in [0.1, 0.15) is 30.9 Å². The lowest BCUT2D eigenvalue weighted by Crippen LogP contribution is -2.58. The monoisotopic (exact) mass is 459 g/mol. The number of carbonyl (C=O) groups is 3. The van der Waals surface area contributed by atoms with Gasteiger partial charge in [-0.1, -0.05) is 30.3 Å². The molecule has 9 N–H and O–H groups in total. The standard InChI is InChI=1S/C20H30FN3O8/c21-8-4-7-12(22)19(31)24-14(10-25)16(28)17(29)18(30)20(32)23-13(9-15(26)27)11-5-2-1-3-6-11/h1-3,5-6,12-14,16-18,25,28-30H,4,7-10,22H2,(H,23,32)(H,24,31)(H,26,27)/t12-,13-,14-,16+,17+,18-/m0/s1. The fourth-order valence-corrected chi connectivity index (χ4v) is 2.91. The first kappa shape index (κ1) is 27.4. The maximum absolute atomic E-state index is 12.4. The smallest absolute Gasteiger partial charge is 0.305 e. The summed E-state index contributed by atoms with van der Waals surface area (Å²) in [6.07, 6.45) is -6.80. The molecule has 2 amide bonds. The third-order valence-corrected chi connectivity index (χ3v) is 4.76. The lowest BCUT2D eigenvalue weighted by molar-refractivity contribution is -0.145. The summed E-state index contributed by atoms with van der Waals surface area (Å²) in [4.78, 5) is 35.5. The van der Waals surface area contributed by atoms with Crippen LogP contribution in [0.5, 0.6) is 0 Å². The van der Waals surface area contributed by atoms with E-state index in [4.69, 9.17) is 10.8 Å². The third-order valence-electron chi connectivity index (χ3n) is 4.76. The Hall–Kier alpha value is -2.64. The molecule has 0 aromatic heterocycles. The van der Waals surface area contributed by atoms with Crippen LogP contribution in [-0.2, 0) is 14.4 Å². The molecule has 1 rings (SSSR count). The molecule has 1 aromatic rings. The number of carboxylic acid groups (broad SMARTS) is 1. The molecule has 0 heterocycles. The van der Waals surface area contributed by atoms with E-state index in [9.17, 15) is 39.2 Å². The van der Waals surface area contributed by atoms with Crippen molar-refractivity contribution < 1.29 is 44.3 Å². The minimum Gasteiger partial charge on any atom is -0.481 e. The maximum atomic E-state index is 12.4. The number of carbonyl (C=O) groups excluding carboxylic acids is 2. The number of halogens is 1. The van der Waals surface area contributed by atoms with Gasteiger partial charge in [-0.05, 0) is 18.4 Å². The zero-order chi connectivity index (χ0) is 24.3. The number of nitrogens with two attached hydrogens (primary N) is 1. The van der Waals surface area contributed by atoms with Gasteiger partial charge in [-0.25, -0.2) is 0 Å². The van der Waals surface area contributed by atoms with Crippen molar-refractivity contribution in [2.24, 2.45) is 5.73 Å². The van der Waals surface area contributed by atoms with Gasteiger partial charge in [-0.3, -0.25) is 18.8 Å². The zero-order valence-corrected chi connectivity index (χ0v) is 17.3. The minimum atomic E-state index is -2.21. The Bertz CT molecular complexity index is 739. The summed E-state index contributed by atoms with van der Waals surface area (Å²) < 4.78 is 12.2. The topological polar surface area (TPSA) is 202 Å². The summed E-state index contributed by atoms with van der Waals surface area (Å²) in [5, 5.41) is 53.6. The summed E-state index contributed by atoms with van der Waals surface area (Å²) in [6.45, 7) is -1.54. The summed E-state index contributed by atoms with van der Waals surface area (Å²) >= 11 is 0. The minimum absolute atomic E-state index is 0.00855. The van der Waals surface area contributed by atoms with Gasteiger partial charge in [0.2, 0.25) is 5.91 Å². The van der Waals surface area contributed by atoms with Crippen LogP contribution in [0.15, 0.2) is 30.3 Å². The third kappa shape index (κ3) is 8.48. The van der Waals surface area contributed by atoms with Crippen LogP contribution in [0.4, 0.5) is 4.39 Å². The fourth-order valence-electron chi connectivity index (χ4n) is 2.91. The Balaban J connectivity index is 2.81. The number of nitrogens with one attached hydrogen (secondary N) is 2. The highest BCUT2D eigenvalue weighted by Gasteiger charge is 2.37. The van der Waals surface area contributed by atoms with Gasteiger partial charge in [0.15, 0.2) is 6.10 Å². The van der Waals surface area contributed by atoms with E-state index in [-0.39, 0.29) is 12.8 Å². The Kier molecular flexibility index (Phi) is 11.7. The summed E-state index contributed by atoms with van der Waals surface area (Å²) in [5.41, 5.74) is 6.01. The van der Waals surface area contributed by atoms with E-state index in [0.717, 1.165) is 0 Å². The molecular weight excluding hydrogens is 429 g/mol. The maximum Gasteiger partial charge on any atom is 0.305 e. The van der Waals surface area contributed by atoms with E-state index in [2.05, 4.69) is 10.6 Å². The second kappa shape index (κ2) is 13.7. The van der Waals surface area contributed by atoms with Crippen molar-refractivity contribution in [3.8, 4) is 0 Å². The predicted molar refractivity (Wildman–Crippen MR) is 110 cm³/mol. The molecule has 6 atom stereocenters. The lowest BCUT2D eigenvalue weighted by Gasteiger charge is -2.30. The van der Waals surface area contributed by atoms with Gasteiger partial charge in [-0.15, -0.1) is 0 Å². The van der Waals surface area contributed by atoms with Crippen LogP contribution in [0.3, 0.4) is 0 Å². The predicted octanol–water partition coefficient (Wildman–Crippen LogP) is -2.04. The molecule has 0 saturated carbocycles. The number of amides is 2. The number of aliphatic hydroxyl groups excluding tert-OH is 4. The van der Waals surface area contributed by atoms with E-state index < -0.39 is 73.9 Å². The van der Waals surface area contributed by atoms with Crippen molar-refractivity contribution in [1.82, 2.24) is 10.6 Å². The van der Waals surface area contributed by atoms with Crippen LogP contribution < -0.4 is 16.4 Å². The molecular formula is C20H30FN3O8. The number of aliphatic hydroxyl groups is 4. The highest BCUT2D eigenvalue weighted by Crippen LogP contribution is 2.17. The highest BCUT2D eigenvalue weighted by atomic mass is 19.1. The summed E-state index contributed by atoms with van der Waals surface area (Å²) in [7, 11) is 0. The first-order chi connectivity index (χ1) is 15.1. The molecule has 0 aliphatic heterocycles. The number of aliphatic carboxylic acids is 1. The van der Waals surface area contributed by atoms with Crippen LogP contribution in [0, 0.1) is 0 Å². The number of rotatable bonds is 14. The van der Waals surface area contributed by atoms with E-state index in [1.54, 1.807) is 30.3 Å². The average Bonchev–Trinajstić information content (AvgIpc) is 2.78. The summed E-state index contributed by atoms with van der Waals surface area (Å²) in [5.74, 6) is -3.22. The number of hydrogen-bond acceptors (Lipinski definition) is 8. The number of benzene rings is 1. The summed E-state index contributed by atoms with van der Waals surface area (Å²) in [6, 6.07) is 4.42. The molecule has 180 valence electrons. The molecule has 0 unspecified atom stereocenters. The average molecular weight is 459 g/mol. The normalized spacial score (nSPS) is 16.8. The number of hydrogen-bond donors (Lipinski definition) is 8. The zero-order valence-electron chi connectivity index (χ0n) is 17.3. The van der Waals surface area contributed by atoms with Crippen molar-refractivity contribution >= 4 is 17.8 Å². The first-order valence-electron chi connectivity index (χ1n) is 9.96. The molecule has 1 aromatic carbocycles. The molecule has 0 spiro atoms. The molecule has 0 saturated heterocycles. The van der Waals surface area contributed by atoms with Crippen molar-refractivity contribution in [3.05, 3.63) is 35.9 Å². The van der Waals surface area contributed by atoms with Gasteiger partial charge in [-0.2, -0.15) is 0 Å². The Morgan fingerprint density at radius 2 is 1.62 bits per heavy atom. The second-order valence-corrected chi connectivity index (χ2v) is 7.23. The van der Waals surface area contributed by atoms with Crippen LogP contribution in [-0.4, -0.2) is 87.0 Å². The van der Waals surface area contributed by atoms with Gasteiger partial charge in [0.05, 0.1) is 37.8 Å². The first-order valence-corrected chi connectivity index (χ1v) is 9.96. The van der Waals surface area contributed by atoms with E-state index in [1.165, 1.54) is 0 Å². The van der Waals surface area contributed by atoms with E-state index >= 15 is 0 Å². The van der Waals surface area contributed by atoms with Crippen molar-refractivity contribution in [3.63, 3.8) is 0 Å². The largest absolute Gasteiger partial charge is 0.481 e. The van der Waals surface area contributed by atoms with Crippen LogP contribution in [0.25, 0.3) is 0 Å². The molecule has 0 aliphatic rings. The number of carboxylic acids is 1. The molecule has 11 nitrogen and oxygen atoms in total. The Labute approximate surface area is 184 Å². The van der Waals surface area contributed by atoms with Crippen molar-refractivity contribution in [2.75, 3.05) is 13.3 Å². The van der Waals surface area contributed by atoms with Crippen LogP contribution in [0.2, 0.25) is 0 Å².